The van der Waals surface area contributed by atoms with Crippen LogP contribution in [0.3, 0.4) is 0 Å². The molecule has 0 bridgehead atoms. The second-order valence-corrected chi connectivity index (χ2v) is 5.80. The lowest BCUT2D eigenvalue weighted by atomic mass is 9.88. The van der Waals surface area contributed by atoms with Crippen molar-refractivity contribution < 1.29 is 4.79 Å². The Bertz CT molecular complexity index is 450. The molecule has 1 N–H and O–H groups in total. The van der Waals surface area contributed by atoms with Crippen molar-refractivity contribution in [1.82, 2.24) is 10.2 Å². The number of benzene rings is 1. The molecule has 1 aliphatic rings. The lowest BCUT2D eigenvalue weighted by Gasteiger charge is -2.30. The summed E-state index contributed by atoms with van der Waals surface area (Å²) in [4.78, 5) is 14.6. The van der Waals surface area contributed by atoms with Crippen LogP contribution in [0, 0.1) is 12.3 Å². The van der Waals surface area contributed by atoms with Crippen LogP contribution >= 0.6 is 0 Å². The van der Waals surface area contributed by atoms with Gasteiger partial charge in [-0.05, 0) is 39.3 Å². The Morgan fingerprint density at radius 1 is 1.47 bits per heavy atom. The molecule has 1 fully saturated rings. The van der Waals surface area contributed by atoms with E-state index in [-0.39, 0.29) is 11.3 Å². The smallest absolute Gasteiger partial charge is 0.230 e. The number of amides is 1. The maximum Gasteiger partial charge on any atom is 0.230 e. The van der Waals surface area contributed by atoms with Crippen LogP contribution in [-0.2, 0) is 11.3 Å². The topological polar surface area (TPSA) is 32.3 Å². The van der Waals surface area contributed by atoms with Crippen LogP contribution < -0.4 is 5.32 Å². The number of aryl methyl sites for hydroxylation is 1. The molecule has 1 aliphatic heterocycles. The van der Waals surface area contributed by atoms with E-state index >= 15 is 0 Å². The number of hydrogen-bond acceptors (Lipinski definition) is 2. The van der Waals surface area contributed by atoms with Crippen molar-refractivity contribution in [3.63, 3.8) is 0 Å². The van der Waals surface area contributed by atoms with E-state index in [2.05, 4.69) is 50.4 Å². The third-order valence-electron chi connectivity index (χ3n) is 4.01. The van der Waals surface area contributed by atoms with E-state index < -0.39 is 0 Å². The van der Waals surface area contributed by atoms with Crippen molar-refractivity contribution in [3.05, 3.63) is 35.4 Å². The summed E-state index contributed by atoms with van der Waals surface area (Å²) in [6.07, 6.45) is 0.941. The lowest BCUT2D eigenvalue weighted by molar-refractivity contribution is -0.140. The fraction of sp³-hybridized carbons (Fsp3) is 0.562. The van der Waals surface area contributed by atoms with E-state index in [0.717, 1.165) is 26.1 Å². The molecule has 19 heavy (non-hydrogen) atoms. The first-order valence-electron chi connectivity index (χ1n) is 7.11. The third-order valence-corrected chi connectivity index (χ3v) is 4.01. The Balaban J connectivity index is 2.10. The lowest BCUT2D eigenvalue weighted by Crippen LogP contribution is -2.43. The quantitative estimate of drug-likeness (QED) is 0.901. The molecule has 0 aromatic heterocycles. The van der Waals surface area contributed by atoms with Gasteiger partial charge in [0.2, 0.25) is 5.91 Å². The average Bonchev–Trinajstić information content (AvgIpc) is 2.83. The van der Waals surface area contributed by atoms with Gasteiger partial charge in [0.05, 0.1) is 5.41 Å². The summed E-state index contributed by atoms with van der Waals surface area (Å²) in [6, 6.07) is 8.40. The van der Waals surface area contributed by atoms with Gasteiger partial charge < -0.3 is 10.2 Å². The maximum atomic E-state index is 12.7. The fourth-order valence-electron chi connectivity index (χ4n) is 2.74. The van der Waals surface area contributed by atoms with E-state index in [1.165, 1.54) is 11.1 Å². The Morgan fingerprint density at radius 2 is 2.26 bits per heavy atom. The number of rotatable bonds is 4. The number of carbonyl (C=O) groups is 1. The molecule has 3 nitrogen and oxygen atoms in total. The van der Waals surface area contributed by atoms with Gasteiger partial charge in [-0.3, -0.25) is 4.79 Å². The predicted molar refractivity (Wildman–Crippen MR) is 77.9 cm³/mol. The van der Waals surface area contributed by atoms with Crippen molar-refractivity contribution >= 4 is 5.91 Å². The zero-order valence-electron chi connectivity index (χ0n) is 12.2. The van der Waals surface area contributed by atoms with Gasteiger partial charge in [-0.25, -0.2) is 0 Å². The summed E-state index contributed by atoms with van der Waals surface area (Å²) in [5.74, 6) is 0.279. The summed E-state index contributed by atoms with van der Waals surface area (Å²) in [5.41, 5.74) is 2.24. The summed E-state index contributed by atoms with van der Waals surface area (Å²) in [7, 11) is 0. The van der Waals surface area contributed by atoms with Crippen molar-refractivity contribution in [1.29, 1.82) is 0 Å². The number of nitrogens with one attached hydrogen (secondary N) is 1. The molecule has 1 aromatic carbocycles. The van der Waals surface area contributed by atoms with Gasteiger partial charge in [-0.15, -0.1) is 0 Å². The van der Waals surface area contributed by atoms with E-state index in [0.29, 0.717) is 6.54 Å². The summed E-state index contributed by atoms with van der Waals surface area (Å²) >= 11 is 0. The number of nitrogens with zero attached hydrogens (tertiary/aromatic N) is 1. The molecular weight excluding hydrogens is 236 g/mol. The average molecular weight is 260 g/mol. The highest BCUT2D eigenvalue weighted by Crippen LogP contribution is 2.27. The van der Waals surface area contributed by atoms with E-state index in [4.69, 9.17) is 0 Å². The second-order valence-electron chi connectivity index (χ2n) is 5.80. The Hall–Kier alpha value is -1.35. The monoisotopic (exact) mass is 260 g/mol. The highest BCUT2D eigenvalue weighted by Gasteiger charge is 2.38. The van der Waals surface area contributed by atoms with Crippen LogP contribution in [0.4, 0.5) is 0 Å². The first kappa shape index (κ1) is 14.1. The molecular formula is C16H24N2O. The molecule has 0 aliphatic carbocycles. The van der Waals surface area contributed by atoms with Gasteiger partial charge in [0.1, 0.15) is 0 Å². The minimum absolute atomic E-state index is 0.222. The molecule has 1 saturated heterocycles. The van der Waals surface area contributed by atoms with Gasteiger partial charge in [0.15, 0.2) is 0 Å². The molecule has 1 heterocycles. The van der Waals surface area contributed by atoms with E-state index in [1.54, 1.807) is 0 Å². The van der Waals surface area contributed by atoms with Crippen molar-refractivity contribution in [2.24, 2.45) is 5.41 Å². The molecule has 1 atom stereocenters. The standard InChI is InChI=1S/C16H24N2O/c1-4-18(11-14-7-5-6-13(2)10-14)15(19)16(3)8-9-17-12-16/h5-7,10,17H,4,8-9,11-12H2,1-3H3. The summed E-state index contributed by atoms with van der Waals surface area (Å²) < 4.78 is 0. The summed E-state index contributed by atoms with van der Waals surface area (Å²) in [6.45, 7) is 9.45. The maximum absolute atomic E-state index is 12.7. The third kappa shape index (κ3) is 3.16. The molecule has 3 heteroatoms. The van der Waals surface area contributed by atoms with Gasteiger partial charge in [-0.2, -0.15) is 0 Å². The highest BCUT2D eigenvalue weighted by atomic mass is 16.2. The van der Waals surface area contributed by atoms with Crippen LogP contribution in [0.15, 0.2) is 24.3 Å². The number of hydrogen-bond donors (Lipinski definition) is 1. The Kier molecular flexibility index (Phi) is 4.25. The molecule has 1 aromatic rings. The second kappa shape index (κ2) is 5.74. The van der Waals surface area contributed by atoms with Crippen LogP contribution in [0.5, 0.6) is 0 Å². The molecule has 1 amide bonds. The Labute approximate surface area is 116 Å². The minimum atomic E-state index is -0.222. The van der Waals surface area contributed by atoms with Crippen molar-refractivity contribution in [2.45, 2.75) is 33.7 Å². The highest BCUT2D eigenvalue weighted by molar-refractivity contribution is 5.83. The zero-order chi connectivity index (χ0) is 13.9. The van der Waals surface area contributed by atoms with Crippen molar-refractivity contribution in [3.8, 4) is 0 Å². The summed E-state index contributed by atoms with van der Waals surface area (Å²) in [5, 5.41) is 3.30. The predicted octanol–water partition coefficient (Wildman–Crippen LogP) is 2.34. The molecule has 2 rings (SSSR count). The first-order valence-corrected chi connectivity index (χ1v) is 7.11. The zero-order valence-corrected chi connectivity index (χ0v) is 12.2. The van der Waals surface area contributed by atoms with Crippen LogP contribution in [0.1, 0.15) is 31.4 Å². The molecule has 0 saturated carbocycles. The van der Waals surface area contributed by atoms with Gasteiger partial charge >= 0.3 is 0 Å². The minimum Gasteiger partial charge on any atom is -0.338 e. The molecule has 104 valence electrons. The largest absolute Gasteiger partial charge is 0.338 e. The van der Waals surface area contributed by atoms with Crippen LogP contribution in [-0.4, -0.2) is 30.4 Å². The van der Waals surface area contributed by atoms with Gasteiger partial charge in [0.25, 0.3) is 0 Å². The van der Waals surface area contributed by atoms with Crippen LogP contribution in [0.2, 0.25) is 0 Å². The molecule has 0 spiro atoms. The van der Waals surface area contributed by atoms with Gasteiger partial charge in [0, 0.05) is 19.6 Å². The van der Waals surface area contributed by atoms with E-state index in [9.17, 15) is 4.79 Å². The Morgan fingerprint density at radius 3 is 2.84 bits per heavy atom. The SMILES string of the molecule is CCN(Cc1cccc(C)c1)C(=O)C1(C)CCNC1. The normalized spacial score (nSPS) is 22.5. The van der Waals surface area contributed by atoms with Crippen LogP contribution in [0.25, 0.3) is 0 Å². The van der Waals surface area contributed by atoms with E-state index in [1.807, 2.05) is 4.90 Å². The first-order chi connectivity index (χ1) is 9.05. The fourth-order valence-corrected chi connectivity index (χ4v) is 2.74. The van der Waals surface area contributed by atoms with Gasteiger partial charge in [-0.1, -0.05) is 29.8 Å². The number of carbonyl (C=O) groups excluding carboxylic acids is 1. The molecule has 1 unspecified atom stereocenters. The van der Waals surface area contributed by atoms with Crippen molar-refractivity contribution in [2.75, 3.05) is 19.6 Å². The molecule has 0 radical (unpaired) electrons.